The maximum absolute atomic E-state index is 11.1. The van der Waals surface area contributed by atoms with Crippen LogP contribution in [-0.4, -0.2) is 21.4 Å². The molecule has 0 saturated carbocycles. The second-order valence-electron chi connectivity index (χ2n) is 5.03. The summed E-state index contributed by atoms with van der Waals surface area (Å²) in [5.41, 5.74) is 7.21. The maximum Gasteiger partial charge on any atom is 0.219 e. The molecule has 0 radical (unpaired) electrons. The van der Waals surface area contributed by atoms with Gasteiger partial charge in [-0.3, -0.25) is 14.8 Å². The van der Waals surface area contributed by atoms with Crippen LogP contribution in [0, 0.1) is 0 Å². The van der Waals surface area contributed by atoms with Gasteiger partial charge in [0.2, 0.25) is 5.91 Å². The van der Waals surface area contributed by atoms with Crippen molar-refractivity contribution in [2.24, 2.45) is 5.73 Å². The lowest BCUT2D eigenvalue weighted by Crippen LogP contribution is -2.36. The third-order valence-corrected chi connectivity index (χ3v) is 3.07. The summed E-state index contributed by atoms with van der Waals surface area (Å²) in [6.07, 6.45) is 3.67. The van der Waals surface area contributed by atoms with E-state index in [9.17, 15) is 4.79 Å². The van der Waals surface area contributed by atoms with Crippen LogP contribution < -0.4 is 11.1 Å². The molecule has 2 aromatic rings. The molecule has 0 unspecified atom stereocenters. The molecule has 0 fully saturated rings. The number of hydrogen-bond acceptors (Lipinski definition) is 4. The molecule has 0 aliphatic heterocycles. The highest BCUT2D eigenvalue weighted by Crippen LogP contribution is 2.25. The summed E-state index contributed by atoms with van der Waals surface area (Å²) >= 11 is 3.37. The van der Waals surface area contributed by atoms with Gasteiger partial charge in [0.1, 0.15) is 5.52 Å². The Kier molecular flexibility index (Phi) is 3.71. The highest BCUT2D eigenvalue weighted by molar-refractivity contribution is 9.10. The van der Waals surface area contributed by atoms with E-state index in [0.29, 0.717) is 0 Å². The molecule has 1 amide bonds. The fourth-order valence-electron chi connectivity index (χ4n) is 1.95. The number of rotatable bonds is 4. The Balaban J connectivity index is 2.38. The van der Waals surface area contributed by atoms with Crippen LogP contribution in [0.2, 0.25) is 0 Å². The number of nitrogens with zero attached hydrogens (tertiary/aromatic N) is 2. The number of hydrogen-bond donors (Lipinski definition) is 2. The van der Waals surface area contributed by atoms with Crippen LogP contribution in [0.25, 0.3) is 11.0 Å². The second kappa shape index (κ2) is 5.13. The number of nitrogens with one attached hydrogen (secondary N) is 1. The first kappa shape index (κ1) is 13.7. The van der Waals surface area contributed by atoms with E-state index in [2.05, 4.69) is 31.2 Å². The van der Waals surface area contributed by atoms with Crippen LogP contribution in [0.15, 0.2) is 29.0 Å². The number of anilines is 1. The predicted octanol–water partition coefficient (Wildman–Crippen LogP) is 2.46. The molecule has 2 rings (SSSR count). The summed E-state index contributed by atoms with van der Waals surface area (Å²) in [7, 11) is 0. The van der Waals surface area contributed by atoms with Crippen molar-refractivity contribution in [3.8, 4) is 0 Å². The first-order chi connectivity index (χ1) is 8.87. The summed E-state index contributed by atoms with van der Waals surface area (Å²) in [6, 6.07) is 3.74. The number of amides is 1. The lowest BCUT2D eigenvalue weighted by molar-refractivity contribution is -0.118. The van der Waals surface area contributed by atoms with Crippen molar-refractivity contribution in [3.05, 3.63) is 29.0 Å². The Morgan fingerprint density at radius 2 is 2.21 bits per heavy atom. The summed E-state index contributed by atoms with van der Waals surface area (Å²) in [6.45, 7) is 3.84. The predicted molar refractivity (Wildman–Crippen MR) is 78.8 cm³/mol. The number of pyridine rings is 2. The molecule has 5 nitrogen and oxygen atoms in total. The lowest BCUT2D eigenvalue weighted by atomic mass is 10.00. The zero-order valence-electron chi connectivity index (χ0n) is 10.8. The monoisotopic (exact) mass is 322 g/mol. The van der Waals surface area contributed by atoms with Gasteiger partial charge in [-0.25, -0.2) is 0 Å². The zero-order valence-corrected chi connectivity index (χ0v) is 12.4. The zero-order chi connectivity index (χ0) is 14.0. The fraction of sp³-hybridized carbons (Fsp3) is 0.308. The van der Waals surface area contributed by atoms with E-state index < -0.39 is 5.54 Å². The van der Waals surface area contributed by atoms with Crippen LogP contribution in [0.4, 0.5) is 5.69 Å². The van der Waals surface area contributed by atoms with Crippen molar-refractivity contribution in [1.29, 1.82) is 0 Å². The average Bonchev–Trinajstić information content (AvgIpc) is 2.26. The molecule has 0 atom stereocenters. The number of primary amides is 1. The van der Waals surface area contributed by atoms with E-state index in [1.807, 2.05) is 26.0 Å². The average molecular weight is 323 g/mol. The van der Waals surface area contributed by atoms with E-state index in [-0.39, 0.29) is 12.3 Å². The number of carbonyl (C=O) groups excluding carboxylic acids is 1. The third-order valence-electron chi connectivity index (χ3n) is 2.63. The van der Waals surface area contributed by atoms with Gasteiger partial charge in [-0.2, -0.15) is 0 Å². The van der Waals surface area contributed by atoms with E-state index in [1.54, 1.807) is 12.4 Å². The summed E-state index contributed by atoms with van der Waals surface area (Å²) in [5, 5.41) is 3.29. The molecule has 0 saturated heterocycles. The molecule has 19 heavy (non-hydrogen) atoms. The molecule has 0 aliphatic carbocycles. The van der Waals surface area contributed by atoms with Gasteiger partial charge in [-0.15, -0.1) is 0 Å². The molecular weight excluding hydrogens is 308 g/mol. The molecular formula is C13H15BrN4O. The second-order valence-corrected chi connectivity index (χ2v) is 5.95. The van der Waals surface area contributed by atoms with Crippen molar-refractivity contribution < 1.29 is 4.79 Å². The molecule has 2 heterocycles. The Morgan fingerprint density at radius 3 is 2.89 bits per heavy atom. The molecule has 100 valence electrons. The van der Waals surface area contributed by atoms with E-state index in [0.717, 1.165) is 21.2 Å². The standard InChI is InChI=1S/C13H15BrN4O/c1-13(2,6-11(15)19)18-9-3-4-16-10-5-8(14)7-17-12(9)10/h3-5,7H,6H2,1-2H3,(H2,15,19)(H,16,18). The van der Waals surface area contributed by atoms with Gasteiger partial charge in [0.05, 0.1) is 11.2 Å². The topological polar surface area (TPSA) is 80.9 Å². The van der Waals surface area contributed by atoms with Crippen LogP contribution in [-0.2, 0) is 4.79 Å². The minimum atomic E-state index is -0.436. The van der Waals surface area contributed by atoms with E-state index in [4.69, 9.17) is 5.73 Å². The van der Waals surface area contributed by atoms with Crippen molar-refractivity contribution in [3.63, 3.8) is 0 Å². The number of fused-ring (bicyclic) bond motifs is 1. The Hall–Kier alpha value is -1.69. The Labute approximate surface area is 119 Å². The first-order valence-corrected chi connectivity index (χ1v) is 6.63. The molecule has 2 aromatic heterocycles. The number of halogens is 1. The summed E-state index contributed by atoms with van der Waals surface area (Å²) in [4.78, 5) is 19.7. The van der Waals surface area contributed by atoms with Crippen molar-refractivity contribution in [2.75, 3.05) is 5.32 Å². The Bertz CT molecular complexity index is 627. The first-order valence-electron chi connectivity index (χ1n) is 5.84. The maximum atomic E-state index is 11.1. The Morgan fingerprint density at radius 1 is 1.47 bits per heavy atom. The van der Waals surface area contributed by atoms with Crippen LogP contribution in [0.1, 0.15) is 20.3 Å². The molecule has 0 aromatic carbocycles. The van der Waals surface area contributed by atoms with Crippen LogP contribution in [0.5, 0.6) is 0 Å². The van der Waals surface area contributed by atoms with Gasteiger partial charge in [-0.1, -0.05) is 0 Å². The van der Waals surface area contributed by atoms with E-state index >= 15 is 0 Å². The van der Waals surface area contributed by atoms with Crippen LogP contribution >= 0.6 is 15.9 Å². The van der Waals surface area contributed by atoms with Crippen molar-refractivity contribution in [1.82, 2.24) is 9.97 Å². The highest BCUT2D eigenvalue weighted by atomic mass is 79.9. The normalized spacial score (nSPS) is 11.5. The van der Waals surface area contributed by atoms with Crippen molar-refractivity contribution in [2.45, 2.75) is 25.8 Å². The summed E-state index contributed by atoms with van der Waals surface area (Å²) < 4.78 is 0.876. The van der Waals surface area contributed by atoms with Gasteiger partial charge in [0, 0.05) is 28.8 Å². The molecule has 6 heteroatoms. The van der Waals surface area contributed by atoms with Gasteiger partial charge in [0.25, 0.3) is 0 Å². The van der Waals surface area contributed by atoms with Crippen LogP contribution in [0.3, 0.4) is 0 Å². The van der Waals surface area contributed by atoms with Gasteiger partial charge >= 0.3 is 0 Å². The quantitative estimate of drug-likeness (QED) is 0.906. The summed E-state index contributed by atoms with van der Waals surface area (Å²) in [5.74, 6) is -0.341. The molecule has 0 spiro atoms. The fourth-order valence-corrected chi connectivity index (χ4v) is 2.27. The number of nitrogens with two attached hydrogens (primary N) is 1. The van der Waals surface area contributed by atoms with Crippen molar-refractivity contribution >= 4 is 38.6 Å². The van der Waals surface area contributed by atoms with E-state index in [1.165, 1.54) is 0 Å². The SMILES string of the molecule is CC(C)(CC(N)=O)Nc1ccnc2cc(Br)cnc12. The van der Waals surface area contributed by atoms with Gasteiger partial charge in [-0.05, 0) is 41.9 Å². The molecule has 3 N–H and O–H groups in total. The third kappa shape index (κ3) is 3.41. The molecule has 0 aliphatic rings. The highest BCUT2D eigenvalue weighted by Gasteiger charge is 2.21. The molecule has 0 bridgehead atoms. The minimum Gasteiger partial charge on any atom is -0.378 e. The number of aromatic nitrogens is 2. The van der Waals surface area contributed by atoms with Gasteiger partial charge in [0.15, 0.2) is 0 Å². The minimum absolute atomic E-state index is 0.243. The van der Waals surface area contributed by atoms with Gasteiger partial charge < -0.3 is 11.1 Å². The smallest absolute Gasteiger partial charge is 0.219 e. The number of carbonyl (C=O) groups is 1. The lowest BCUT2D eigenvalue weighted by Gasteiger charge is -2.26. The largest absolute Gasteiger partial charge is 0.378 e.